The second-order valence-electron chi connectivity index (χ2n) is 21.5. The Hall–Kier alpha value is -1.96. The summed E-state index contributed by atoms with van der Waals surface area (Å²) in [7, 11) is 0. The van der Waals surface area contributed by atoms with Gasteiger partial charge >= 0.3 is 0 Å². The number of ether oxygens (including phenoxy) is 6. The van der Waals surface area contributed by atoms with E-state index in [9.17, 15) is 60.7 Å². The summed E-state index contributed by atoms with van der Waals surface area (Å²) in [6.07, 6.45) is 11.1. The minimum atomic E-state index is -1.99. The lowest BCUT2D eigenvalue weighted by molar-refractivity contribution is -0.374. The van der Waals surface area contributed by atoms with Gasteiger partial charge in [-0.15, -0.1) is 0 Å². The van der Waals surface area contributed by atoms with Crippen LogP contribution in [0.3, 0.4) is 0 Å². The lowest BCUT2D eigenvalue weighted by atomic mass is 9.95. The van der Waals surface area contributed by atoms with Crippen LogP contribution in [0.15, 0.2) is 12.2 Å². The first-order chi connectivity index (χ1) is 36.7. The van der Waals surface area contributed by atoms with Crippen LogP contribution < -0.4 is 10.6 Å². The zero-order chi connectivity index (χ0) is 55.7. The van der Waals surface area contributed by atoms with E-state index in [1.807, 2.05) is 6.08 Å². The van der Waals surface area contributed by atoms with Gasteiger partial charge in [-0.3, -0.25) is 9.59 Å². The van der Waals surface area contributed by atoms with Crippen LogP contribution in [0.25, 0.3) is 0 Å². The molecule has 3 rings (SSSR count). The standard InChI is InChI=1S/C56H104N2O18/c1-4-6-8-10-12-14-16-18-19-21-23-25-27-29-31-33-44(64)58-39(40(63)32-30-28-26-24-22-20-17-15-13-11-9-7-5-2)37-71-55-50(69)48(67)53(42(35-60)73-55)76-56-51(70)49(68)52(43(36-61)74-56)75-54-45(57-38(3)62)47(66)46(65)41(34-59)72-54/h30,32,39-43,45-56,59-61,63,65-70H,4-29,31,33-37H2,1-3H3,(H,57,62)(H,58,64)/b32-30+/t39-,40+,41?,42?,43?,45?,46+,47+,48+,49+,50?,51?,52+,53+,54-,55+,56-/m0/s1. The van der Waals surface area contributed by atoms with E-state index in [4.69, 9.17) is 28.4 Å². The van der Waals surface area contributed by atoms with Crippen molar-refractivity contribution < 1.29 is 89.1 Å². The summed E-state index contributed by atoms with van der Waals surface area (Å²) in [6.45, 7) is 2.82. The Morgan fingerprint density at radius 3 is 1.38 bits per heavy atom. The summed E-state index contributed by atoms with van der Waals surface area (Å²) >= 11 is 0. The molecule has 20 nitrogen and oxygen atoms in total. The molecule has 3 aliphatic heterocycles. The normalized spacial score (nSPS) is 30.9. The number of aliphatic hydroxyl groups is 10. The summed E-state index contributed by atoms with van der Waals surface area (Å²) in [4.78, 5) is 25.3. The molecule has 0 aliphatic carbocycles. The summed E-state index contributed by atoms with van der Waals surface area (Å²) in [5, 5.41) is 113. The Morgan fingerprint density at radius 1 is 0.513 bits per heavy atom. The van der Waals surface area contributed by atoms with Gasteiger partial charge in [-0.1, -0.05) is 180 Å². The van der Waals surface area contributed by atoms with Crippen molar-refractivity contribution in [1.29, 1.82) is 0 Å². The van der Waals surface area contributed by atoms with Gasteiger partial charge in [0, 0.05) is 13.3 Å². The number of carbonyl (C=O) groups is 2. The van der Waals surface area contributed by atoms with Crippen LogP contribution in [0.1, 0.15) is 201 Å². The van der Waals surface area contributed by atoms with Gasteiger partial charge in [0.05, 0.1) is 38.6 Å². The zero-order valence-electron chi connectivity index (χ0n) is 46.3. The highest BCUT2D eigenvalue weighted by molar-refractivity contribution is 5.76. The fraction of sp³-hybridized carbons (Fsp3) is 0.929. The molecule has 3 heterocycles. The van der Waals surface area contributed by atoms with Crippen LogP contribution in [0.4, 0.5) is 0 Å². The van der Waals surface area contributed by atoms with Crippen LogP contribution in [-0.2, 0) is 38.0 Å². The van der Waals surface area contributed by atoms with E-state index < -0.39 is 130 Å². The van der Waals surface area contributed by atoms with Gasteiger partial charge in [-0.05, 0) is 19.3 Å². The Bertz CT molecular complexity index is 1520. The highest BCUT2D eigenvalue weighted by Crippen LogP contribution is 2.33. The second kappa shape index (κ2) is 40.3. The molecule has 20 heteroatoms. The number of rotatable bonds is 42. The molecule has 0 bridgehead atoms. The maximum Gasteiger partial charge on any atom is 0.220 e. The third kappa shape index (κ3) is 24.8. The number of hydrogen-bond donors (Lipinski definition) is 12. The average Bonchev–Trinajstić information content (AvgIpc) is 3.41. The Morgan fingerprint density at radius 2 is 0.921 bits per heavy atom. The van der Waals surface area contributed by atoms with Crippen LogP contribution >= 0.6 is 0 Å². The molecule has 3 aliphatic rings. The molecule has 2 amide bonds. The van der Waals surface area contributed by atoms with E-state index in [0.29, 0.717) is 6.42 Å². The van der Waals surface area contributed by atoms with Crippen LogP contribution in [-0.4, -0.2) is 194 Å². The molecule has 446 valence electrons. The van der Waals surface area contributed by atoms with Crippen LogP contribution in [0.2, 0.25) is 0 Å². The number of amides is 2. The van der Waals surface area contributed by atoms with E-state index in [2.05, 4.69) is 24.5 Å². The van der Waals surface area contributed by atoms with Gasteiger partial charge in [0.1, 0.15) is 73.2 Å². The topological polar surface area (TPSA) is 316 Å². The van der Waals surface area contributed by atoms with Crippen LogP contribution in [0.5, 0.6) is 0 Å². The van der Waals surface area contributed by atoms with Crippen molar-refractivity contribution in [3.8, 4) is 0 Å². The van der Waals surface area contributed by atoms with Gasteiger partial charge in [0.15, 0.2) is 18.9 Å². The first-order valence-corrected chi connectivity index (χ1v) is 29.4. The number of aliphatic hydroxyl groups excluding tert-OH is 10. The fourth-order valence-corrected chi connectivity index (χ4v) is 10.2. The van der Waals surface area contributed by atoms with Crippen molar-refractivity contribution in [2.24, 2.45) is 0 Å². The first-order valence-electron chi connectivity index (χ1n) is 29.4. The smallest absolute Gasteiger partial charge is 0.220 e. The molecule has 0 radical (unpaired) electrons. The van der Waals surface area contributed by atoms with Gasteiger partial charge in [0.2, 0.25) is 11.8 Å². The molecule has 0 spiro atoms. The lowest BCUT2D eigenvalue weighted by Gasteiger charge is -2.48. The number of carbonyl (C=O) groups excluding carboxylic acids is 2. The Kier molecular flexibility index (Phi) is 36.2. The summed E-state index contributed by atoms with van der Waals surface area (Å²) in [5.41, 5.74) is 0. The van der Waals surface area contributed by atoms with Crippen molar-refractivity contribution in [3.05, 3.63) is 12.2 Å². The number of nitrogens with one attached hydrogen (secondary N) is 2. The van der Waals surface area contributed by atoms with Crippen molar-refractivity contribution >= 4 is 11.8 Å². The number of unbranched alkanes of at least 4 members (excludes halogenated alkanes) is 25. The largest absolute Gasteiger partial charge is 0.394 e. The third-order valence-corrected chi connectivity index (χ3v) is 15.0. The molecular formula is C56H104N2O18. The predicted molar refractivity (Wildman–Crippen MR) is 284 cm³/mol. The van der Waals surface area contributed by atoms with E-state index in [1.165, 1.54) is 122 Å². The van der Waals surface area contributed by atoms with Gasteiger partial charge in [0.25, 0.3) is 0 Å². The van der Waals surface area contributed by atoms with Crippen molar-refractivity contribution in [2.45, 2.75) is 305 Å². The molecule has 0 aromatic heterocycles. The van der Waals surface area contributed by atoms with Crippen molar-refractivity contribution in [3.63, 3.8) is 0 Å². The summed E-state index contributed by atoms with van der Waals surface area (Å²) in [5.74, 6) is -0.924. The predicted octanol–water partition coefficient (Wildman–Crippen LogP) is 3.96. The highest BCUT2D eigenvalue weighted by Gasteiger charge is 2.54. The first kappa shape index (κ1) is 68.3. The van der Waals surface area contributed by atoms with E-state index in [0.717, 1.165) is 51.9 Å². The quantitative estimate of drug-likeness (QED) is 0.0304. The van der Waals surface area contributed by atoms with Gasteiger partial charge in [-0.2, -0.15) is 0 Å². The Balaban J connectivity index is 1.56. The number of allylic oxidation sites excluding steroid dienone is 1. The molecule has 17 atom stereocenters. The molecule has 76 heavy (non-hydrogen) atoms. The average molecular weight is 1090 g/mol. The second-order valence-corrected chi connectivity index (χ2v) is 21.5. The molecular weight excluding hydrogens is 989 g/mol. The zero-order valence-corrected chi connectivity index (χ0v) is 46.3. The third-order valence-electron chi connectivity index (χ3n) is 15.0. The fourth-order valence-electron chi connectivity index (χ4n) is 10.2. The lowest BCUT2D eigenvalue weighted by Crippen LogP contribution is -2.68. The maximum atomic E-state index is 13.3. The molecule has 6 unspecified atom stereocenters. The summed E-state index contributed by atoms with van der Waals surface area (Å²) in [6, 6.07) is -2.40. The van der Waals surface area contributed by atoms with E-state index in [-0.39, 0.29) is 18.9 Å². The highest BCUT2D eigenvalue weighted by atomic mass is 16.8. The molecule has 12 N–H and O–H groups in total. The minimum absolute atomic E-state index is 0.244. The molecule has 0 aromatic rings. The van der Waals surface area contributed by atoms with E-state index >= 15 is 0 Å². The van der Waals surface area contributed by atoms with Crippen molar-refractivity contribution in [2.75, 3.05) is 26.4 Å². The maximum absolute atomic E-state index is 13.3. The van der Waals surface area contributed by atoms with Gasteiger partial charge in [-0.25, -0.2) is 0 Å². The molecule has 0 saturated carbocycles. The van der Waals surface area contributed by atoms with Crippen LogP contribution in [0, 0.1) is 0 Å². The molecule has 0 aromatic carbocycles. The molecule has 3 fully saturated rings. The Labute approximate surface area is 453 Å². The SMILES string of the molecule is CCCCCCCCCCCCC/C=C/[C@@H](O)[C@H](CO[C@@H]1OC(CO)[C@@H](O[C@@H]2OC(CO)[C@@H](O[C@@H]3OC(CO)[C@@H](O)[C@H](O)C3NC(C)=O)[C@H](O)C2O)[C@H](O)C1O)NC(=O)CCCCCCCCCCCCCCCCC. The van der Waals surface area contributed by atoms with E-state index in [1.54, 1.807) is 6.08 Å². The van der Waals surface area contributed by atoms with Gasteiger partial charge < -0.3 is 90.1 Å². The minimum Gasteiger partial charge on any atom is -0.394 e. The number of hydrogen-bond acceptors (Lipinski definition) is 18. The van der Waals surface area contributed by atoms with Crippen molar-refractivity contribution in [1.82, 2.24) is 10.6 Å². The molecule has 3 saturated heterocycles. The summed E-state index contributed by atoms with van der Waals surface area (Å²) < 4.78 is 34.8. The monoisotopic (exact) mass is 1090 g/mol.